The van der Waals surface area contributed by atoms with Gasteiger partial charge >= 0.3 is 0 Å². The molecule has 0 aliphatic heterocycles. The number of benzene rings is 1. The molecular formula is C18H24N2S. The van der Waals surface area contributed by atoms with Gasteiger partial charge in [0.15, 0.2) is 0 Å². The SMILES string of the molecule is CCNCc1sc(C2CCCCC2)nc1-c1ccccc1. The molecule has 0 spiro atoms. The van der Waals surface area contributed by atoms with Crippen LogP contribution in [0.15, 0.2) is 30.3 Å². The minimum atomic E-state index is 0.696. The number of rotatable bonds is 5. The molecule has 112 valence electrons. The molecule has 3 heteroatoms. The van der Waals surface area contributed by atoms with Crippen molar-refractivity contribution in [1.29, 1.82) is 0 Å². The van der Waals surface area contributed by atoms with Gasteiger partial charge < -0.3 is 5.32 Å². The molecule has 1 fully saturated rings. The lowest BCUT2D eigenvalue weighted by Gasteiger charge is -2.18. The van der Waals surface area contributed by atoms with E-state index >= 15 is 0 Å². The zero-order valence-electron chi connectivity index (χ0n) is 12.8. The first-order chi connectivity index (χ1) is 10.4. The van der Waals surface area contributed by atoms with Crippen molar-refractivity contribution in [1.82, 2.24) is 10.3 Å². The van der Waals surface area contributed by atoms with Crippen LogP contribution in [0.5, 0.6) is 0 Å². The second-order valence-corrected chi connectivity index (χ2v) is 6.92. The maximum Gasteiger partial charge on any atom is 0.0966 e. The van der Waals surface area contributed by atoms with Crippen molar-refractivity contribution in [3.05, 3.63) is 40.2 Å². The molecule has 21 heavy (non-hydrogen) atoms. The summed E-state index contributed by atoms with van der Waals surface area (Å²) in [4.78, 5) is 6.43. The molecule has 3 rings (SSSR count). The first-order valence-electron chi connectivity index (χ1n) is 8.14. The van der Waals surface area contributed by atoms with Crippen LogP contribution in [0.3, 0.4) is 0 Å². The molecule has 2 aromatic rings. The lowest BCUT2D eigenvalue weighted by Crippen LogP contribution is -2.11. The molecule has 2 nitrogen and oxygen atoms in total. The van der Waals surface area contributed by atoms with Gasteiger partial charge in [-0.15, -0.1) is 11.3 Å². The number of hydrogen-bond acceptors (Lipinski definition) is 3. The average molecular weight is 300 g/mol. The summed E-state index contributed by atoms with van der Waals surface area (Å²) >= 11 is 1.93. The van der Waals surface area contributed by atoms with Crippen molar-refractivity contribution in [3.8, 4) is 11.3 Å². The Morgan fingerprint density at radius 2 is 1.90 bits per heavy atom. The van der Waals surface area contributed by atoms with Crippen LogP contribution in [-0.4, -0.2) is 11.5 Å². The third kappa shape index (κ3) is 3.53. The molecule has 0 bridgehead atoms. The molecule has 1 aromatic carbocycles. The Morgan fingerprint density at radius 3 is 2.62 bits per heavy atom. The Bertz CT molecular complexity index is 556. The first kappa shape index (κ1) is 14.7. The predicted molar refractivity (Wildman–Crippen MR) is 90.8 cm³/mol. The number of hydrogen-bond donors (Lipinski definition) is 1. The summed E-state index contributed by atoms with van der Waals surface area (Å²) in [5.41, 5.74) is 2.45. The number of thiazole rings is 1. The average Bonchev–Trinajstić information content (AvgIpc) is 2.99. The van der Waals surface area contributed by atoms with E-state index in [-0.39, 0.29) is 0 Å². The fourth-order valence-corrected chi connectivity index (χ4v) is 4.30. The molecule has 0 atom stereocenters. The van der Waals surface area contributed by atoms with E-state index in [1.807, 2.05) is 11.3 Å². The highest BCUT2D eigenvalue weighted by Crippen LogP contribution is 2.38. The van der Waals surface area contributed by atoms with Crippen LogP contribution in [-0.2, 0) is 6.54 Å². The molecule has 1 saturated carbocycles. The largest absolute Gasteiger partial charge is 0.312 e. The van der Waals surface area contributed by atoms with Crippen molar-refractivity contribution in [2.75, 3.05) is 6.54 Å². The molecule has 0 saturated heterocycles. The van der Waals surface area contributed by atoms with Crippen molar-refractivity contribution in [3.63, 3.8) is 0 Å². The Hall–Kier alpha value is -1.19. The van der Waals surface area contributed by atoms with Crippen LogP contribution in [0.4, 0.5) is 0 Å². The highest BCUT2D eigenvalue weighted by Gasteiger charge is 2.21. The summed E-state index contributed by atoms with van der Waals surface area (Å²) in [7, 11) is 0. The summed E-state index contributed by atoms with van der Waals surface area (Å²) < 4.78 is 0. The van der Waals surface area contributed by atoms with Gasteiger partial charge in [-0.3, -0.25) is 0 Å². The predicted octanol–water partition coefficient (Wildman–Crippen LogP) is 4.97. The Kier molecular flexibility index (Phi) is 5.04. The monoisotopic (exact) mass is 300 g/mol. The van der Waals surface area contributed by atoms with Crippen molar-refractivity contribution in [2.24, 2.45) is 0 Å². The second kappa shape index (κ2) is 7.19. The minimum absolute atomic E-state index is 0.696. The van der Waals surface area contributed by atoms with Gasteiger partial charge in [-0.05, 0) is 19.4 Å². The van der Waals surface area contributed by atoms with Gasteiger partial charge in [-0.1, -0.05) is 56.5 Å². The number of nitrogens with zero attached hydrogens (tertiary/aromatic N) is 1. The molecule has 0 amide bonds. The summed E-state index contributed by atoms with van der Waals surface area (Å²) in [5.74, 6) is 0.696. The van der Waals surface area contributed by atoms with Gasteiger partial charge in [-0.25, -0.2) is 4.98 Å². The lowest BCUT2D eigenvalue weighted by atomic mass is 9.90. The van der Waals surface area contributed by atoms with E-state index in [2.05, 4.69) is 42.6 Å². The van der Waals surface area contributed by atoms with Gasteiger partial charge in [0.1, 0.15) is 0 Å². The van der Waals surface area contributed by atoms with Crippen LogP contribution in [0.25, 0.3) is 11.3 Å². The molecule has 1 aliphatic rings. The van der Waals surface area contributed by atoms with Crippen LogP contribution in [0, 0.1) is 0 Å². The van der Waals surface area contributed by atoms with Crippen molar-refractivity contribution in [2.45, 2.75) is 51.5 Å². The normalized spacial score (nSPS) is 16.2. The Morgan fingerprint density at radius 1 is 1.14 bits per heavy atom. The van der Waals surface area contributed by atoms with E-state index in [1.54, 1.807) is 0 Å². The molecular weight excluding hydrogens is 276 g/mol. The highest BCUT2D eigenvalue weighted by atomic mass is 32.1. The minimum Gasteiger partial charge on any atom is -0.312 e. The Labute approximate surface area is 131 Å². The summed E-state index contributed by atoms with van der Waals surface area (Å²) in [6.07, 6.45) is 6.78. The number of nitrogens with one attached hydrogen (secondary N) is 1. The van der Waals surface area contributed by atoms with E-state index in [0.717, 1.165) is 13.1 Å². The molecule has 0 radical (unpaired) electrons. The maximum atomic E-state index is 5.04. The van der Waals surface area contributed by atoms with Crippen LogP contribution in [0.1, 0.15) is 54.8 Å². The van der Waals surface area contributed by atoms with E-state index < -0.39 is 0 Å². The zero-order valence-corrected chi connectivity index (χ0v) is 13.6. The lowest BCUT2D eigenvalue weighted by molar-refractivity contribution is 0.442. The van der Waals surface area contributed by atoms with Crippen molar-refractivity contribution >= 4 is 11.3 Å². The first-order valence-corrected chi connectivity index (χ1v) is 8.96. The van der Waals surface area contributed by atoms with Crippen LogP contribution in [0.2, 0.25) is 0 Å². The summed E-state index contributed by atoms with van der Waals surface area (Å²) in [5, 5.41) is 4.82. The summed E-state index contributed by atoms with van der Waals surface area (Å²) in [6, 6.07) is 10.6. The fourth-order valence-electron chi connectivity index (χ4n) is 3.07. The maximum absolute atomic E-state index is 5.04. The highest BCUT2D eigenvalue weighted by molar-refractivity contribution is 7.12. The van der Waals surface area contributed by atoms with Gasteiger partial charge in [0, 0.05) is 22.9 Å². The Balaban J connectivity index is 1.90. The van der Waals surface area contributed by atoms with E-state index in [4.69, 9.17) is 4.98 Å². The van der Waals surface area contributed by atoms with Crippen LogP contribution >= 0.6 is 11.3 Å². The van der Waals surface area contributed by atoms with Gasteiger partial charge in [0.25, 0.3) is 0 Å². The second-order valence-electron chi connectivity index (χ2n) is 5.81. The van der Waals surface area contributed by atoms with E-state index in [1.165, 1.54) is 53.2 Å². The summed E-state index contributed by atoms with van der Waals surface area (Å²) in [6.45, 7) is 4.10. The standard InChI is InChI=1S/C18H24N2S/c1-2-19-13-16-17(14-9-5-3-6-10-14)20-18(21-16)15-11-7-4-8-12-15/h3,5-6,9-10,15,19H,2,4,7-8,11-13H2,1H3. The van der Waals surface area contributed by atoms with Gasteiger partial charge in [0.2, 0.25) is 0 Å². The van der Waals surface area contributed by atoms with E-state index in [9.17, 15) is 0 Å². The third-order valence-corrected chi connectivity index (χ3v) is 5.47. The van der Waals surface area contributed by atoms with E-state index in [0.29, 0.717) is 5.92 Å². The molecule has 1 aromatic heterocycles. The quantitative estimate of drug-likeness (QED) is 0.843. The van der Waals surface area contributed by atoms with Crippen molar-refractivity contribution < 1.29 is 0 Å². The molecule has 1 aliphatic carbocycles. The molecule has 1 heterocycles. The fraction of sp³-hybridized carbons (Fsp3) is 0.500. The molecule has 1 N–H and O–H groups in total. The number of aromatic nitrogens is 1. The zero-order chi connectivity index (χ0) is 14.5. The topological polar surface area (TPSA) is 24.9 Å². The third-order valence-electron chi connectivity index (χ3n) is 4.25. The smallest absolute Gasteiger partial charge is 0.0966 e. The van der Waals surface area contributed by atoms with Gasteiger partial charge in [0.05, 0.1) is 10.7 Å². The van der Waals surface area contributed by atoms with Crippen LogP contribution < -0.4 is 5.32 Å². The molecule has 0 unspecified atom stereocenters. The van der Waals surface area contributed by atoms with Gasteiger partial charge in [-0.2, -0.15) is 0 Å².